The van der Waals surface area contributed by atoms with Crippen molar-refractivity contribution in [3.8, 4) is 0 Å². The molecule has 2 aromatic rings. The quantitative estimate of drug-likeness (QED) is 0.891. The molecule has 1 fully saturated rings. The predicted octanol–water partition coefficient (Wildman–Crippen LogP) is 3.04. The molecule has 1 aliphatic rings. The minimum Gasteiger partial charge on any atom is -0.376 e. The molecule has 0 radical (unpaired) electrons. The summed E-state index contributed by atoms with van der Waals surface area (Å²) in [5, 5.41) is 6.18. The van der Waals surface area contributed by atoms with E-state index in [1.165, 1.54) is 5.56 Å². The fraction of sp³-hybridized carbons (Fsp3) is 0.333. The molecule has 2 heterocycles. The second-order valence-electron chi connectivity index (χ2n) is 5.80. The number of amides is 1. The maximum Gasteiger partial charge on any atom is 0.253 e. The fourth-order valence-corrected chi connectivity index (χ4v) is 2.64. The van der Waals surface area contributed by atoms with E-state index in [-0.39, 0.29) is 12.0 Å². The summed E-state index contributed by atoms with van der Waals surface area (Å²) in [6, 6.07) is 9.86. The van der Waals surface area contributed by atoms with Crippen LogP contribution in [0.4, 0.5) is 11.4 Å². The SMILES string of the molecule is Cc1cccc(Nc2cncc(C(=O)NCC3CCCO3)c2)c1. The second kappa shape index (κ2) is 7.24. The molecule has 5 nitrogen and oxygen atoms in total. The van der Waals surface area contributed by atoms with Crippen LogP contribution in [0.5, 0.6) is 0 Å². The van der Waals surface area contributed by atoms with Gasteiger partial charge < -0.3 is 15.4 Å². The van der Waals surface area contributed by atoms with Crippen LogP contribution in [0.25, 0.3) is 0 Å². The zero-order chi connectivity index (χ0) is 16.1. The number of aromatic nitrogens is 1. The second-order valence-corrected chi connectivity index (χ2v) is 5.80. The first-order chi connectivity index (χ1) is 11.2. The van der Waals surface area contributed by atoms with E-state index in [1.807, 2.05) is 31.2 Å². The molecule has 1 aliphatic heterocycles. The van der Waals surface area contributed by atoms with Crippen molar-refractivity contribution >= 4 is 17.3 Å². The zero-order valence-electron chi connectivity index (χ0n) is 13.2. The van der Waals surface area contributed by atoms with Crippen molar-refractivity contribution in [1.82, 2.24) is 10.3 Å². The average Bonchev–Trinajstić information content (AvgIpc) is 3.06. The van der Waals surface area contributed by atoms with E-state index in [0.29, 0.717) is 12.1 Å². The van der Waals surface area contributed by atoms with Crippen molar-refractivity contribution in [3.63, 3.8) is 0 Å². The van der Waals surface area contributed by atoms with E-state index < -0.39 is 0 Å². The van der Waals surface area contributed by atoms with Gasteiger partial charge in [-0.25, -0.2) is 0 Å². The van der Waals surface area contributed by atoms with Gasteiger partial charge in [-0.3, -0.25) is 9.78 Å². The molecule has 5 heteroatoms. The van der Waals surface area contributed by atoms with E-state index >= 15 is 0 Å². The predicted molar refractivity (Wildman–Crippen MR) is 90.0 cm³/mol. The van der Waals surface area contributed by atoms with E-state index in [4.69, 9.17) is 4.74 Å². The highest BCUT2D eigenvalue weighted by atomic mass is 16.5. The third-order valence-corrected chi connectivity index (χ3v) is 3.82. The number of aryl methyl sites for hydroxylation is 1. The molecule has 1 unspecified atom stereocenters. The molecular formula is C18H21N3O2. The van der Waals surface area contributed by atoms with Gasteiger partial charge in [-0.1, -0.05) is 12.1 Å². The lowest BCUT2D eigenvalue weighted by Crippen LogP contribution is -2.31. The smallest absolute Gasteiger partial charge is 0.253 e. The summed E-state index contributed by atoms with van der Waals surface area (Å²) in [5.41, 5.74) is 3.48. The Morgan fingerprint density at radius 2 is 2.22 bits per heavy atom. The standard InChI is InChI=1S/C18H21N3O2/c1-13-4-2-5-15(8-13)21-16-9-14(10-19-11-16)18(22)20-12-17-6-3-7-23-17/h2,4-5,8-11,17,21H,3,6-7,12H2,1H3,(H,20,22). The normalized spacial score (nSPS) is 17.0. The van der Waals surface area contributed by atoms with Gasteiger partial charge in [0.15, 0.2) is 0 Å². The van der Waals surface area contributed by atoms with Gasteiger partial charge in [-0.2, -0.15) is 0 Å². The van der Waals surface area contributed by atoms with Gasteiger partial charge >= 0.3 is 0 Å². The number of nitrogens with one attached hydrogen (secondary N) is 2. The molecule has 23 heavy (non-hydrogen) atoms. The number of hydrogen-bond acceptors (Lipinski definition) is 4. The Bertz CT molecular complexity index is 681. The Morgan fingerprint density at radius 1 is 1.30 bits per heavy atom. The Kier molecular flexibility index (Phi) is 4.88. The number of rotatable bonds is 5. The highest BCUT2D eigenvalue weighted by molar-refractivity contribution is 5.94. The van der Waals surface area contributed by atoms with E-state index in [2.05, 4.69) is 15.6 Å². The summed E-state index contributed by atoms with van der Waals surface area (Å²) in [6.45, 7) is 3.38. The van der Waals surface area contributed by atoms with Gasteiger partial charge in [0.25, 0.3) is 5.91 Å². The number of nitrogens with zero attached hydrogens (tertiary/aromatic N) is 1. The van der Waals surface area contributed by atoms with Crippen LogP contribution in [-0.4, -0.2) is 30.1 Å². The van der Waals surface area contributed by atoms with Gasteiger partial charge in [0, 0.05) is 25.0 Å². The summed E-state index contributed by atoms with van der Waals surface area (Å²) in [6.07, 6.45) is 5.50. The summed E-state index contributed by atoms with van der Waals surface area (Å²) in [4.78, 5) is 16.4. The highest BCUT2D eigenvalue weighted by Crippen LogP contribution is 2.18. The van der Waals surface area contributed by atoms with Crippen LogP contribution in [0.2, 0.25) is 0 Å². The number of carbonyl (C=O) groups excluding carboxylic acids is 1. The van der Waals surface area contributed by atoms with Crippen molar-refractivity contribution < 1.29 is 9.53 Å². The summed E-state index contributed by atoms with van der Waals surface area (Å²) in [7, 11) is 0. The number of anilines is 2. The Hall–Kier alpha value is -2.40. The van der Waals surface area contributed by atoms with Gasteiger partial charge in [-0.15, -0.1) is 0 Å². The Balaban J connectivity index is 1.63. The molecule has 120 valence electrons. The number of pyridine rings is 1. The lowest BCUT2D eigenvalue weighted by molar-refractivity contribution is 0.0857. The first-order valence-corrected chi connectivity index (χ1v) is 7.89. The average molecular weight is 311 g/mol. The van der Waals surface area contributed by atoms with E-state index in [9.17, 15) is 4.79 Å². The van der Waals surface area contributed by atoms with Gasteiger partial charge in [0.05, 0.1) is 23.6 Å². The lowest BCUT2D eigenvalue weighted by Gasteiger charge is -2.12. The van der Waals surface area contributed by atoms with Crippen LogP contribution in [0.3, 0.4) is 0 Å². The van der Waals surface area contributed by atoms with Crippen LogP contribution in [0.15, 0.2) is 42.7 Å². The van der Waals surface area contributed by atoms with Crippen LogP contribution in [0, 0.1) is 6.92 Å². The third kappa shape index (κ3) is 4.29. The number of benzene rings is 1. The first-order valence-electron chi connectivity index (χ1n) is 7.89. The summed E-state index contributed by atoms with van der Waals surface area (Å²) >= 11 is 0. The molecule has 1 atom stereocenters. The molecular weight excluding hydrogens is 290 g/mol. The number of ether oxygens (including phenoxy) is 1. The molecule has 2 N–H and O–H groups in total. The van der Waals surface area contributed by atoms with Gasteiger partial charge in [0.1, 0.15) is 0 Å². The molecule has 1 aromatic heterocycles. The molecule has 0 spiro atoms. The van der Waals surface area contributed by atoms with Crippen molar-refractivity contribution in [2.75, 3.05) is 18.5 Å². The largest absolute Gasteiger partial charge is 0.376 e. The molecule has 1 amide bonds. The van der Waals surface area contributed by atoms with Crippen LogP contribution < -0.4 is 10.6 Å². The third-order valence-electron chi connectivity index (χ3n) is 3.82. The van der Waals surface area contributed by atoms with E-state index in [1.54, 1.807) is 18.5 Å². The van der Waals surface area contributed by atoms with Crippen molar-refractivity contribution in [2.24, 2.45) is 0 Å². The zero-order valence-corrected chi connectivity index (χ0v) is 13.2. The van der Waals surface area contributed by atoms with Crippen molar-refractivity contribution in [2.45, 2.75) is 25.9 Å². The maximum absolute atomic E-state index is 12.2. The number of carbonyl (C=O) groups is 1. The Morgan fingerprint density at radius 3 is 3.00 bits per heavy atom. The molecule has 0 bridgehead atoms. The van der Waals surface area contributed by atoms with Crippen LogP contribution >= 0.6 is 0 Å². The monoisotopic (exact) mass is 311 g/mol. The molecule has 0 aliphatic carbocycles. The highest BCUT2D eigenvalue weighted by Gasteiger charge is 2.16. The fourth-order valence-electron chi connectivity index (χ4n) is 2.64. The lowest BCUT2D eigenvalue weighted by atomic mass is 10.2. The van der Waals surface area contributed by atoms with Gasteiger partial charge in [0.2, 0.25) is 0 Å². The van der Waals surface area contributed by atoms with Crippen LogP contribution in [-0.2, 0) is 4.74 Å². The molecule has 0 saturated carbocycles. The first kappa shape index (κ1) is 15.5. The molecule has 3 rings (SSSR count). The molecule has 1 aromatic carbocycles. The van der Waals surface area contributed by atoms with Crippen molar-refractivity contribution in [3.05, 3.63) is 53.9 Å². The minimum atomic E-state index is -0.124. The Labute approximate surface area is 136 Å². The number of hydrogen-bond donors (Lipinski definition) is 2. The summed E-state index contributed by atoms with van der Waals surface area (Å²) in [5.74, 6) is -0.124. The topological polar surface area (TPSA) is 63.2 Å². The van der Waals surface area contributed by atoms with Crippen LogP contribution in [0.1, 0.15) is 28.8 Å². The van der Waals surface area contributed by atoms with Gasteiger partial charge in [-0.05, 0) is 43.5 Å². The maximum atomic E-state index is 12.2. The molecule has 1 saturated heterocycles. The van der Waals surface area contributed by atoms with E-state index in [0.717, 1.165) is 30.8 Å². The van der Waals surface area contributed by atoms with Crippen molar-refractivity contribution in [1.29, 1.82) is 0 Å². The minimum absolute atomic E-state index is 0.124. The summed E-state index contributed by atoms with van der Waals surface area (Å²) < 4.78 is 5.51.